The predicted octanol–water partition coefficient (Wildman–Crippen LogP) is 4.72. The molecule has 0 aliphatic heterocycles. The Morgan fingerprint density at radius 2 is 1.74 bits per heavy atom. The Bertz CT molecular complexity index is 709. The number of benzene rings is 2. The van der Waals surface area contributed by atoms with Crippen LogP contribution in [0.25, 0.3) is 11.1 Å². The van der Waals surface area contributed by atoms with E-state index in [0.29, 0.717) is 18.8 Å². The van der Waals surface area contributed by atoms with E-state index in [-0.39, 0.29) is 5.41 Å². The third kappa shape index (κ3) is 3.53. The van der Waals surface area contributed by atoms with Gasteiger partial charge in [-0.25, -0.2) is 0 Å². The molecular formula is C21H24O2. The van der Waals surface area contributed by atoms with Crippen molar-refractivity contribution in [1.82, 2.24) is 0 Å². The molecule has 0 bridgehead atoms. The quantitative estimate of drug-likeness (QED) is 0.772. The highest BCUT2D eigenvalue weighted by atomic mass is 16.5. The minimum Gasteiger partial charge on any atom is -0.380 e. The molecule has 0 aromatic heterocycles. The van der Waals surface area contributed by atoms with Crippen molar-refractivity contribution < 1.29 is 9.53 Å². The van der Waals surface area contributed by atoms with Crippen LogP contribution in [0.15, 0.2) is 42.5 Å². The van der Waals surface area contributed by atoms with Gasteiger partial charge >= 0.3 is 0 Å². The van der Waals surface area contributed by atoms with Gasteiger partial charge in [0, 0.05) is 18.9 Å². The van der Waals surface area contributed by atoms with Crippen LogP contribution in [0.4, 0.5) is 0 Å². The van der Waals surface area contributed by atoms with Crippen molar-refractivity contribution >= 4 is 5.78 Å². The van der Waals surface area contributed by atoms with Crippen molar-refractivity contribution in [3.63, 3.8) is 0 Å². The van der Waals surface area contributed by atoms with E-state index in [1.165, 1.54) is 22.3 Å². The fourth-order valence-electron chi connectivity index (χ4n) is 2.90. The van der Waals surface area contributed by atoms with Crippen LogP contribution in [0.3, 0.4) is 0 Å². The summed E-state index contributed by atoms with van der Waals surface area (Å²) < 4.78 is 5.16. The maximum atomic E-state index is 12.3. The summed E-state index contributed by atoms with van der Waals surface area (Å²) in [7, 11) is 1.71. The second kappa shape index (κ2) is 6.29. The lowest BCUT2D eigenvalue weighted by molar-refractivity contribution is -0.122. The number of hydrogen-bond donors (Lipinski definition) is 0. The Balaban J connectivity index is 1.83. The van der Waals surface area contributed by atoms with Crippen molar-refractivity contribution in [2.75, 3.05) is 7.11 Å². The van der Waals surface area contributed by atoms with Crippen LogP contribution >= 0.6 is 0 Å². The average Bonchev–Trinajstić information content (AvgIpc) is 3.30. The smallest absolute Gasteiger partial charge is 0.143 e. The maximum Gasteiger partial charge on any atom is 0.143 e. The van der Waals surface area contributed by atoms with E-state index < -0.39 is 0 Å². The molecule has 1 fully saturated rings. The predicted molar refractivity (Wildman–Crippen MR) is 93.4 cm³/mol. The number of carbonyl (C=O) groups is 1. The number of aryl methyl sites for hydroxylation is 1. The second-order valence-electron chi connectivity index (χ2n) is 6.94. The molecule has 120 valence electrons. The topological polar surface area (TPSA) is 26.3 Å². The number of ketones is 1. The largest absolute Gasteiger partial charge is 0.380 e. The molecule has 3 rings (SSSR count). The zero-order valence-electron chi connectivity index (χ0n) is 14.2. The van der Waals surface area contributed by atoms with E-state index in [9.17, 15) is 4.79 Å². The molecule has 2 heteroatoms. The lowest BCUT2D eigenvalue weighted by Gasteiger charge is -2.12. The zero-order valence-corrected chi connectivity index (χ0v) is 14.2. The first-order chi connectivity index (χ1) is 11.0. The monoisotopic (exact) mass is 308 g/mol. The molecule has 1 saturated carbocycles. The van der Waals surface area contributed by atoms with E-state index in [1.807, 2.05) is 0 Å². The summed E-state index contributed by atoms with van der Waals surface area (Å²) in [5.41, 5.74) is 5.87. The van der Waals surface area contributed by atoms with Gasteiger partial charge < -0.3 is 4.74 Å². The molecule has 23 heavy (non-hydrogen) atoms. The van der Waals surface area contributed by atoms with E-state index >= 15 is 0 Å². The summed E-state index contributed by atoms with van der Waals surface area (Å²) >= 11 is 0. The van der Waals surface area contributed by atoms with Crippen molar-refractivity contribution in [3.8, 4) is 11.1 Å². The Kier molecular flexibility index (Phi) is 4.36. The first-order valence-electron chi connectivity index (χ1n) is 8.23. The van der Waals surface area contributed by atoms with Crippen LogP contribution < -0.4 is 0 Å². The standard InChI is InChI=1S/C21H24O2/c1-15-4-5-17(13-20(22)21(2)10-11-21)12-19(15)18-8-6-16(7-9-18)14-23-3/h4-9,12H,10-11,13-14H2,1-3H3. The van der Waals surface area contributed by atoms with Crippen molar-refractivity contribution in [1.29, 1.82) is 0 Å². The van der Waals surface area contributed by atoms with Gasteiger partial charge in [0.15, 0.2) is 0 Å². The Morgan fingerprint density at radius 1 is 1.09 bits per heavy atom. The van der Waals surface area contributed by atoms with E-state index in [4.69, 9.17) is 4.74 Å². The summed E-state index contributed by atoms with van der Waals surface area (Å²) in [5.74, 6) is 0.378. The number of carbonyl (C=O) groups excluding carboxylic acids is 1. The molecule has 2 nitrogen and oxygen atoms in total. The summed E-state index contributed by atoms with van der Waals surface area (Å²) in [6.45, 7) is 4.83. The average molecular weight is 308 g/mol. The Morgan fingerprint density at radius 3 is 2.35 bits per heavy atom. The van der Waals surface area contributed by atoms with Crippen LogP contribution in [-0.4, -0.2) is 12.9 Å². The number of ether oxygens (including phenoxy) is 1. The van der Waals surface area contributed by atoms with Gasteiger partial charge in [0.05, 0.1) is 6.61 Å². The van der Waals surface area contributed by atoms with Crippen molar-refractivity contribution in [2.24, 2.45) is 5.41 Å². The molecule has 2 aromatic carbocycles. The first kappa shape index (κ1) is 15.9. The number of hydrogen-bond acceptors (Lipinski definition) is 2. The molecule has 0 radical (unpaired) electrons. The molecule has 0 saturated heterocycles. The Labute approximate surface area is 138 Å². The van der Waals surface area contributed by atoms with Gasteiger partial charge in [0.25, 0.3) is 0 Å². The zero-order chi connectivity index (χ0) is 16.4. The highest BCUT2D eigenvalue weighted by Gasteiger charge is 2.43. The maximum absolute atomic E-state index is 12.3. The van der Waals surface area contributed by atoms with Crippen LogP contribution in [0.5, 0.6) is 0 Å². The van der Waals surface area contributed by atoms with Gasteiger partial charge in [-0.3, -0.25) is 4.79 Å². The lowest BCUT2D eigenvalue weighted by atomic mass is 9.92. The SMILES string of the molecule is COCc1ccc(-c2cc(CC(=O)C3(C)CC3)ccc2C)cc1. The number of methoxy groups -OCH3 is 1. The van der Waals surface area contributed by atoms with E-state index in [1.54, 1.807) is 7.11 Å². The normalized spacial score (nSPS) is 15.4. The lowest BCUT2D eigenvalue weighted by Crippen LogP contribution is -2.14. The summed E-state index contributed by atoms with van der Waals surface area (Å²) in [6.07, 6.45) is 2.64. The van der Waals surface area contributed by atoms with Gasteiger partial charge in [-0.2, -0.15) is 0 Å². The van der Waals surface area contributed by atoms with Gasteiger partial charge in [0.2, 0.25) is 0 Å². The third-order valence-corrected chi connectivity index (χ3v) is 4.92. The van der Waals surface area contributed by atoms with Crippen LogP contribution in [-0.2, 0) is 22.6 Å². The minimum absolute atomic E-state index is 0.0488. The summed E-state index contributed by atoms with van der Waals surface area (Å²) in [5, 5.41) is 0. The van der Waals surface area contributed by atoms with Crippen LogP contribution in [0.1, 0.15) is 36.5 Å². The molecule has 1 aliphatic rings. The van der Waals surface area contributed by atoms with Crippen molar-refractivity contribution in [3.05, 3.63) is 59.2 Å². The van der Waals surface area contributed by atoms with Crippen LogP contribution in [0, 0.1) is 12.3 Å². The van der Waals surface area contributed by atoms with Crippen molar-refractivity contribution in [2.45, 2.75) is 39.7 Å². The van der Waals surface area contributed by atoms with Gasteiger partial charge in [-0.05, 0) is 47.6 Å². The Hall–Kier alpha value is -1.93. The number of Topliss-reactive ketones (excluding diaryl/α,β-unsaturated/α-hetero) is 1. The van der Waals surface area contributed by atoms with Crippen LogP contribution in [0.2, 0.25) is 0 Å². The van der Waals surface area contributed by atoms with E-state index in [0.717, 1.165) is 18.4 Å². The molecule has 0 atom stereocenters. The first-order valence-corrected chi connectivity index (χ1v) is 8.23. The van der Waals surface area contributed by atoms with Gasteiger partial charge in [-0.15, -0.1) is 0 Å². The number of rotatable bonds is 6. The second-order valence-corrected chi connectivity index (χ2v) is 6.94. The molecule has 0 spiro atoms. The van der Waals surface area contributed by atoms with Gasteiger partial charge in [0.1, 0.15) is 5.78 Å². The minimum atomic E-state index is -0.0488. The third-order valence-electron chi connectivity index (χ3n) is 4.92. The van der Waals surface area contributed by atoms with Gasteiger partial charge in [-0.1, -0.05) is 49.4 Å². The molecule has 0 amide bonds. The fraction of sp³-hybridized carbons (Fsp3) is 0.381. The summed E-state index contributed by atoms with van der Waals surface area (Å²) in [4.78, 5) is 12.3. The molecule has 2 aromatic rings. The molecule has 0 unspecified atom stereocenters. The van der Waals surface area contributed by atoms with E-state index in [2.05, 4.69) is 56.3 Å². The highest BCUT2D eigenvalue weighted by Crippen LogP contribution is 2.46. The summed E-state index contributed by atoms with van der Waals surface area (Å²) in [6, 6.07) is 14.8. The molecule has 1 aliphatic carbocycles. The molecule has 0 heterocycles. The molecular weight excluding hydrogens is 284 g/mol. The molecule has 0 N–H and O–H groups in total. The highest BCUT2D eigenvalue weighted by molar-refractivity contribution is 5.89. The fourth-order valence-corrected chi connectivity index (χ4v) is 2.90.